The first-order valence-electron chi connectivity index (χ1n) is 8.70. The van der Waals surface area contributed by atoms with E-state index in [1.165, 1.54) is 0 Å². The van der Waals surface area contributed by atoms with Crippen molar-refractivity contribution >= 4 is 27.7 Å². The Morgan fingerprint density at radius 1 is 1.27 bits per heavy atom. The molecule has 7 heteroatoms. The quantitative estimate of drug-likeness (QED) is 0.520. The van der Waals surface area contributed by atoms with E-state index in [-0.39, 0.29) is 17.5 Å². The summed E-state index contributed by atoms with van der Waals surface area (Å²) >= 11 is 3.43. The third-order valence-electron chi connectivity index (χ3n) is 3.85. The van der Waals surface area contributed by atoms with Gasteiger partial charge < -0.3 is 20.1 Å². The lowest BCUT2D eigenvalue weighted by atomic mass is 10.2. The second kappa shape index (κ2) is 9.30. The van der Waals surface area contributed by atoms with Crippen molar-refractivity contribution in [3.05, 3.63) is 46.1 Å². The maximum absolute atomic E-state index is 12.6. The van der Waals surface area contributed by atoms with Crippen molar-refractivity contribution in [2.45, 2.75) is 45.5 Å². The van der Waals surface area contributed by atoms with Crippen LogP contribution in [0, 0.1) is 0 Å². The van der Waals surface area contributed by atoms with E-state index in [1.807, 2.05) is 13.0 Å². The first kappa shape index (κ1) is 20.6. The van der Waals surface area contributed by atoms with Gasteiger partial charge in [0, 0.05) is 12.1 Å². The van der Waals surface area contributed by atoms with E-state index in [4.69, 9.17) is 9.47 Å². The molecule has 1 atom stereocenters. The summed E-state index contributed by atoms with van der Waals surface area (Å²) in [4.78, 5) is 25.2. The molecular formula is C19H25BrN2O4. The maximum Gasteiger partial charge on any atom is 0.268 e. The predicted octanol–water partition coefficient (Wildman–Crippen LogP) is 3.09. The van der Waals surface area contributed by atoms with Crippen molar-refractivity contribution in [1.29, 1.82) is 0 Å². The minimum absolute atomic E-state index is 0.140. The van der Waals surface area contributed by atoms with Crippen molar-refractivity contribution in [3.8, 4) is 0 Å². The van der Waals surface area contributed by atoms with Gasteiger partial charge in [0.2, 0.25) is 0 Å². The Hall–Kier alpha value is -1.70. The minimum Gasteiger partial charge on any atom is -0.351 e. The van der Waals surface area contributed by atoms with Gasteiger partial charge in [-0.2, -0.15) is 0 Å². The van der Waals surface area contributed by atoms with Gasteiger partial charge in [-0.3, -0.25) is 9.59 Å². The monoisotopic (exact) mass is 424 g/mol. The summed E-state index contributed by atoms with van der Waals surface area (Å²) in [6.45, 7) is 6.48. The van der Waals surface area contributed by atoms with Crippen molar-refractivity contribution in [2.75, 3.05) is 13.2 Å². The summed E-state index contributed by atoms with van der Waals surface area (Å²) in [6.07, 6.45) is 1.36. The molecule has 6 nitrogen and oxygen atoms in total. The molecule has 2 N–H and O–H groups in total. The van der Waals surface area contributed by atoms with Gasteiger partial charge >= 0.3 is 0 Å². The highest BCUT2D eigenvalue weighted by atomic mass is 79.9. The molecule has 0 unspecified atom stereocenters. The lowest BCUT2D eigenvalue weighted by molar-refractivity contribution is -0.133. The molecule has 1 aliphatic rings. The summed E-state index contributed by atoms with van der Waals surface area (Å²) < 4.78 is 11.8. The number of nitrogens with one attached hydrogen (secondary N) is 2. The first-order valence-corrected chi connectivity index (χ1v) is 9.49. The van der Waals surface area contributed by atoms with E-state index in [0.717, 1.165) is 12.8 Å². The zero-order valence-corrected chi connectivity index (χ0v) is 16.9. The van der Waals surface area contributed by atoms with Crippen LogP contribution in [0.25, 0.3) is 0 Å². The molecule has 2 rings (SSSR count). The molecule has 0 spiro atoms. The molecular weight excluding hydrogens is 400 g/mol. The molecule has 0 aromatic heterocycles. The molecule has 2 amide bonds. The van der Waals surface area contributed by atoms with Gasteiger partial charge in [0.05, 0.1) is 11.1 Å². The molecule has 1 aromatic carbocycles. The highest BCUT2D eigenvalue weighted by molar-refractivity contribution is 9.11. The van der Waals surface area contributed by atoms with Crippen LogP contribution in [0.4, 0.5) is 0 Å². The average Bonchev–Trinajstić information content (AvgIpc) is 2.99. The first-order chi connectivity index (χ1) is 12.3. The molecule has 0 bridgehead atoms. The molecule has 0 aliphatic carbocycles. The Kier molecular flexibility index (Phi) is 7.37. The number of hydrogen-bond donors (Lipinski definition) is 2. The van der Waals surface area contributed by atoms with Crippen LogP contribution in [-0.2, 0) is 14.3 Å². The summed E-state index contributed by atoms with van der Waals surface area (Å²) in [6, 6.07) is 8.74. The van der Waals surface area contributed by atoms with E-state index in [0.29, 0.717) is 23.2 Å². The number of hydrogen-bond acceptors (Lipinski definition) is 4. The predicted molar refractivity (Wildman–Crippen MR) is 103 cm³/mol. The van der Waals surface area contributed by atoms with Gasteiger partial charge in [-0.05, 0) is 32.4 Å². The third kappa shape index (κ3) is 5.65. The number of unbranched alkanes of at least 4 members (excludes halogenated alkanes) is 1. The Labute approximate surface area is 162 Å². The smallest absolute Gasteiger partial charge is 0.268 e. The largest absolute Gasteiger partial charge is 0.351 e. The fourth-order valence-corrected chi connectivity index (χ4v) is 2.94. The van der Waals surface area contributed by atoms with Crippen LogP contribution in [0.1, 0.15) is 44.0 Å². The van der Waals surface area contributed by atoms with Gasteiger partial charge in [0.15, 0.2) is 5.79 Å². The fourth-order valence-electron chi connectivity index (χ4n) is 2.44. The summed E-state index contributed by atoms with van der Waals surface area (Å²) in [7, 11) is 0. The van der Waals surface area contributed by atoms with Crippen LogP contribution in [0.3, 0.4) is 0 Å². The molecule has 1 fully saturated rings. The van der Waals surface area contributed by atoms with Gasteiger partial charge in [0.1, 0.15) is 11.8 Å². The average molecular weight is 425 g/mol. The zero-order valence-electron chi connectivity index (χ0n) is 15.3. The van der Waals surface area contributed by atoms with E-state index < -0.39 is 11.9 Å². The fraction of sp³-hybridized carbons (Fsp3) is 0.474. The number of ether oxygens (including phenoxy) is 2. The number of carbonyl (C=O) groups is 2. The lowest BCUT2D eigenvalue weighted by Crippen LogP contribution is -2.37. The van der Waals surface area contributed by atoms with Gasteiger partial charge in [-0.1, -0.05) is 47.5 Å². The minimum atomic E-state index is -0.739. The van der Waals surface area contributed by atoms with Crippen LogP contribution in [0.2, 0.25) is 0 Å². The van der Waals surface area contributed by atoms with E-state index >= 15 is 0 Å². The number of carbonyl (C=O) groups excluding carboxylic acids is 2. The molecule has 0 radical (unpaired) electrons. The number of halogens is 1. The van der Waals surface area contributed by atoms with Crippen LogP contribution in [0.5, 0.6) is 0 Å². The van der Waals surface area contributed by atoms with E-state index in [2.05, 4.69) is 26.6 Å². The molecule has 1 aromatic rings. The number of rotatable bonds is 7. The van der Waals surface area contributed by atoms with Crippen molar-refractivity contribution in [3.63, 3.8) is 0 Å². The summed E-state index contributed by atoms with van der Waals surface area (Å²) in [5.41, 5.74) is 0.608. The standard InChI is InChI=1S/C19H25BrN2O4/c1-4-5-11-21-18(24)16(15(20)14-12-25-19(2,3)26-14)22-17(23)13-9-7-6-8-10-13/h6-10,14H,4-5,11-12H2,1-3H3,(H,21,24)(H,22,23)/b16-15-/t14-/m1/s1. The Morgan fingerprint density at radius 2 is 1.96 bits per heavy atom. The number of amides is 2. The second-order valence-corrected chi connectivity index (χ2v) is 7.32. The second-order valence-electron chi connectivity index (χ2n) is 6.47. The molecule has 26 heavy (non-hydrogen) atoms. The molecule has 1 aliphatic heterocycles. The van der Waals surface area contributed by atoms with Crippen LogP contribution in [-0.4, -0.2) is 36.9 Å². The van der Waals surface area contributed by atoms with Crippen molar-refractivity contribution in [2.24, 2.45) is 0 Å². The highest BCUT2D eigenvalue weighted by Gasteiger charge is 2.36. The van der Waals surface area contributed by atoms with Gasteiger partial charge in [-0.15, -0.1) is 0 Å². The molecule has 1 heterocycles. The Balaban J connectivity index is 2.22. The topological polar surface area (TPSA) is 76.7 Å². The van der Waals surface area contributed by atoms with Crippen molar-refractivity contribution in [1.82, 2.24) is 10.6 Å². The lowest BCUT2D eigenvalue weighted by Gasteiger charge is -2.19. The summed E-state index contributed by atoms with van der Waals surface area (Å²) in [5, 5.41) is 5.54. The molecule has 1 saturated heterocycles. The van der Waals surface area contributed by atoms with Gasteiger partial charge in [-0.25, -0.2) is 0 Å². The summed E-state index contributed by atoms with van der Waals surface area (Å²) in [5.74, 6) is -1.46. The van der Waals surface area contributed by atoms with Crippen LogP contribution >= 0.6 is 15.9 Å². The zero-order chi connectivity index (χ0) is 19.2. The highest BCUT2D eigenvalue weighted by Crippen LogP contribution is 2.30. The van der Waals surface area contributed by atoms with Crippen LogP contribution < -0.4 is 10.6 Å². The van der Waals surface area contributed by atoms with Crippen LogP contribution in [0.15, 0.2) is 40.5 Å². The van der Waals surface area contributed by atoms with Crippen molar-refractivity contribution < 1.29 is 19.1 Å². The van der Waals surface area contributed by atoms with E-state index in [9.17, 15) is 9.59 Å². The SMILES string of the molecule is CCCCNC(=O)/C(NC(=O)c1ccccc1)=C(/Br)[C@H]1COC(C)(C)O1. The van der Waals surface area contributed by atoms with E-state index in [1.54, 1.807) is 38.1 Å². The Morgan fingerprint density at radius 3 is 2.54 bits per heavy atom. The normalized spacial score (nSPS) is 19.6. The maximum atomic E-state index is 12.6. The molecule has 0 saturated carbocycles. The number of benzene rings is 1. The van der Waals surface area contributed by atoms with Gasteiger partial charge in [0.25, 0.3) is 11.8 Å². The Bertz CT molecular complexity index is 673. The molecule has 142 valence electrons. The third-order valence-corrected chi connectivity index (χ3v) is 4.75.